The molecule has 0 saturated carbocycles. The lowest BCUT2D eigenvalue weighted by Crippen LogP contribution is -2.24. The summed E-state index contributed by atoms with van der Waals surface area (Å²) in [7, 11) is 1.56. The van der Waals surface area contributed by atoms with Crippen LogP contribution in [0.1, 0.15) is 28.1 Å². The molecule has 146 valence electrons. The van der Waals surface area contributed by atoms with Crippen molar-refractivity contribution < 1.29 is 18.8 Å². The van der Waals surface area contributed by atoms with Crippen LogP contribution in [0.2, 0.25) is 0 Å². The summed E-state index contributed by atoms with van der Waals surface area (Å²) in [5.41, 5.74) is 3.63. The molecule has 0 spiro atoms. The fourth-order valence-corrected chi connectivity index (χ4v) is 2.69. The Balaban J connectivity index is 1.48. The van der Waals surface area contributed by atoms with Crippen molar-refractivity contribution >= 4 is 5.91 Å². The maximum Gasteiger partial charge on any atom is 0.224 e. The topological polar surface area (TPSA) is 86.5 Å². The van der Waals surface area contributed by atoms with Crippen molar-refractivity contribution in [3.63, 3.8) is 0 Å². The number of nitrogens with zero attached hydrogens (tertiary/aromatic N) is 2. The fraction of sp³-hybridized carbons (Fsp3) is 0.286. The minimum absolute atomic E-state index is 0.0554. The molecule has 0 fully saturated rings. The molecule has 0 radical (unpaired) electrons. The summed E-state index contributed by atoms with van der Waals surface area (Å²) in [4.78, 5) is 16.2. The van der Waals surface area contributed by atoms with E-state index in [1.165, 1.54) is 0 Å². The molecule has 0 unspecified atom stereocenters. The first-order chi connectivity index (χ1) is 13.5. The van der Waals surface area contributed by atoms with Crippen LogP contribution in [0, 0.1) is 13.8 Å². The van der Waals surface area contributed by atoms with Crippen molar-refractivity contribution in [1.82, 2.24) is 15.5 Å². The predicted molar refractivity (Wildman–Crippen MR) is 103 cm³/mol. The van der Waals surface area contributed by atoms with E-state index in [1.54, 1.807) is 19.4 Å². The minimum atomic E-state index is -0.0554. The molecule has 7 heteroatoms. The number of amides is 1. The number of rotatable bonds is 8. The van der Waals surface area contributed by atoms with Crippen LogP contribution in [0.5, 0.6) is 11.6 Å². The maximum atomic E-state index is 12.2. The summed E-state index contributed by atoms with van der Waals surface area (Å²) in [6.45, 7) is 4.58. The third kappa shape index (κ3) is 5.09. The maximum absolute atomic E-state index is 12.2. The third-order valence-electron chi connectivity index (χ3n) is 4.35. The highest BCUT2D eigenvalue weighted by Crippen LogP contribution is 2.18. The van der Waals surface area contributed by atoms with Gasteiger partial charge in [0.1, 0.15) is 18.1 Å². The standard InChI is InChI=1S/C21H23N3O4/c1-14-19(15(2)28-24-14)13-27-18-6-4-16(5-7-18)10-20(25)23-12-17-8-9-22-21(11-17)26-3/h4-9,11H,10,12-13H2,1-3H3,(H,23,25). The quantitative estimate of drug-likeness (QED) is 0.645. The molecule has 0 bridgehead atoms. The van der Waals surface area contributed by atoms with Gasteiger partial charge in [0.2, 0.25) is 11.8 Å². The van der Waals surface area contributed by atoms with Gasteiger partial charge in [-0.05, 0) is 43.2 Å². The Bertz CT molecular complexity index is 916. The van der Waals surface area contributed by atoms with E-state index >= 15 is 0 Å². The van der Waals surface area contributed by atoms with Crippen LogP contribution in [0.15, 0.2) is 47.1 Å². The molecule has 0 aliphatic carbocycles. The Hall–Kier alpha value is -3.35. The Labute approximate surface area is 163 Å². The number of benzene rings is 1. The van der Waals surface area contributed by atoms with Gasteiger partial charge in [0.25, 0.3) is 0 Å². The molecule has 28 heavy (non-hydrogen) atoms. The first-order valence-electron chi connectivity index (χ1n) is 8.94. The number of nitrogens with one attached hydrogen (secondary N) is 1. The molecule has 7 nitrogen and oxygen atoms in total. The van der Waals surface area contributed by atoms with E-state index in [2.05, 4.69) is 15.5 Å². The summed E-state index contributed by atoms with van der Waals surface area (Å²) in [6.07, 6.45) is 1.95. The molecule has 2 heterocycles. The number of hydrogen-bond donors (Lipinski definition) is 1. The monoisotopic (exact) mass is 381 g/mol. The Morgan fingerprint density at radius 1 is 1.14 bits per heavy atom. The number of pyridine rings is 1. The van der Waals surface area contributed by atoms with E-state index < -0.39 is 0 Å². The SMILES string of the molecule is COc1cc(CNC(=O)Cc2ccc(OCc3c(C)noc3C)cc2)ccn1. The fourth-order valence-electron chi connectivity index (χ4n) is 2.69. The molecule has 0 aliphatic heterocycles. The molecule has 3 aromatic rings. The van der Waals surface area contributed by atoms with Gasteiger partial charge in [-0.1, -0.05) is 17.3 Å². The Morgan fingerprint density at radius 3 is 2.61 bits per heavy atom. The largest absolute Gasteiger partial charge is 0.489 e. The number of methoxy groups -OCH3 is 1. The predicted octanol–water partition coefficient (Wildman–Crippen LogP) is 3.13. The second kappa shape index (κ2) is 9.03. The van der Waals surface area contributed by atoms with E-state index in [-0.39, 0.29) is 5.91 Å². The normalized spacial score (nSPS) is 10.5. The molecule has 1 amide bonds. The highest BCUT2D eigenvalue weighted by atomic mass is 16.5. The Morgan fingerprint density at radius 2 is 1.93 bits per heavy atom. The summed E-state index contributed by atoms with van der Waals surface area (Å²) < 4.78 is 16.0. The second-order valence-electron chi connectivity index (χ2n) is 6.40. The average Bonchev–Trinajstić information content (AvgIpc) is 3.03. The summed E-state index contributed by atoms with van der Waals surface area (Å²) in [5, 5.41) is 6.81. The number of ether oxygens (including phenoxy) is 2. The van der Waals surface area contributed by atoms with Gasteiger partial charge in [-0.3, -0.25) is 4.79 Å². The highest BCUT2D eigenvalue weighted by Gasteiger charge is 2.10. The summed E-state index contributed by atoms with van der Waals surface area (Å²) in [5.74, 6) is 1.96. The molecule has 1 N–H and O–H groups in total. The van der Waals surface area contributed by atoms with Gasteiger partial charge in [0, 0.05) is 18.8 Å². The van der Waals surface area contributed by atoms with Crippen molar-refractivity contribution in [3.05, 3.63) is 70.7 Å². The van der Waals surface area contributed by atoms with Gasteiger partial charge < -0.3 is 19.3 Å². The lowest BCUT2D eigenvalue weighted by Gasteiger charge is -2.08. The van der Waals surface area contributed by atoms with Crippen LogP contribution in [-0.4, -0.2) is 23.2 Å². The van der Waals surface area contributed by atoms with Gasteiger partial charge in [-0.25, -0.2) is 4.98 Å². The molecule has 2 aromatic heterocycles. The molecular weight excluding hydrogens is 358 g/mol. The first-order valence-corrected chi connectivity index (χ1v) is 8.94. The van der Waals surface area contributed by atoms with Crippen LogP contribution < -0.4 is 14.8 Å². The van der Waals surface area contributed by atoms with Crippen LogP contribution in [0.3, 0.4) is 0 Å². The van der Waals surface area contributed by atoms with E-state index in [9.17, 15) is 4.79 Å². The molecule has 3 rings (SSSR count). The zero-order valence-electron chi connectivity index (χ0n) is 16.2. The lowest BCUT2D eigenvalue weighted by molar-refractivity contribution is -0.120. The molecule has 0 aliphatic rings. The summed E-state index contributed by atoms with van der Waals surface area (Å²) in [6, 6.07) is 11.1. The van der Waals surface area contributed by atoms with Crippen LogP contribution in [-0.2, 0) is 24.4 Å². The number of carbonyl (C=O) groups excluding carboxylic acids is 1. The van der Waals surface area contributed by atoms with Gasteiger partial charge >= 0.3 is 0 Å². The van der Waals surface area contributed by atoms with Gasteiger partial charge in [-0.15, -0.1) is 0 Å². The number of aromatic nitrogens is 2. The third-order valence-corrected chi connectivity index (χ3v) is 4.35. The van der Waals surface area contributed by atoms with Crippen LogP contribution in [0.25, 0.3) is 0 Å². The minimum Gasteiger partial charge on any atom is -0.489 e. The lowest BCUT2D eigenvalue weighted by atomic mass is 10.1. The van der Waals surface area contributed by atoms with E-state index in [0.717, 1.165) is 33.9 Å². The zero-order chi connectivity index (χ0) is 19.9. The van der Waals surface area contributed by atoms with Crippen molar-refractivity contribution in [2.45, 2.75) is 33.4 Å². The van der Waals surface area contributed by atoms with Crippen molar-refractivity contribution in [1.29, 1.82) is 0 Å². The zero-order valence-corrected chi connectivity index (χ0v) is 16.2. The highest BCUT2D eigenvalue weighted by molar-refractivity contribution is 5.78. The average molecular weight is 381 g/mol. The van der Waals surface area contributed by atoms with Gasteiger partial charge in [0.05, 0.1) is 24.8 Å². The van der Waals surface area contributed by atoms with Crippen LogP contribution in [0.4, 0.5) is 0 Å². The van der Waals surface area contributed by atoms with Crippen molar-refractivity contribution in [3.8, 4) is 11.6 Å². The number of aryl methyl sites for hydroxylation is 2. The molecule has 1 aromatic carbocycles. The van der Waals surface area contributed by atoms with Gasteiger partial charge in [-0.2, -0.15) is 0 Å². The number of hydrogen-bond acceptors (Lipinski definition) is 6. The Kier molecular flexibility index (Phi) is 6.26. The first kappa shape index (κ1) is 19.4. The van der Waals surface area contributed by atoms with Crippen molar-refractivity contribution in [2.75, 3.05) is 7.11 Å². The molecular formula is C21H23N3O4. The summed E-state index contributed by atoms with van der Waals surface area (Å²) >= 11 is 0. The van der Waals surface area contributed by atoms with E-state index in [4.69, 9.17) is 14.0 Å². The number of carbonyl (C=O) groups is 1. The molecule has 0 atom stereocenters. The van der Waals surface area contributed by atoms with Crippen molar-refractivity contribution in [2.24, 2.45) is 0 Å². The van der Waals surface area contributed by atoms with Gasteiger partial charge in [0.15, 0.2) is 0 Å². The van der Waals surface area contributed by atoms with Crippen LogP contribution >= 0.6 is 0 Å². The molecule has 0 saturated heterocycles. The van der Waals surface area contributed by atoms with E-state index in [0.29, 0.717) is 25.5 Å². The smallest absolute Gasteiger partial charge is 0.224 e. The second-order valence-corrected chi connectivity index (χ2v) is 6.40. The van der Waals surface area contributed by atoms with E-state index in [1.807, 2.05) is 44.2 Å².